The molecule has 28 heavy (non-hydrogen) atoms. The molecule has 0 unspecified atom stereocenters. The molecule has 0 fully saturated rings. The summed E-state index contributed by atoms with van der Waals surface area (Å²) in [6.07, 6.45) is 0. The van der Waals surface area contributed by atoms with Gasteiger partial charge in [0, 0.05) is 31.5 Å². The molecule has 1 heterocycles. The van der Waals surface area contributed by atoms with Crippen LogP contribution in [-0.4, -0.2) is 7.05 Å². The Bertz CT molecular complexity index is 982. The Balaban J connectivity index is 0.00000225. The number of hydrogen-bond donors (Lipinski definition) is 0. The molecule has 2 aliphatic rings. The number of nitrogens with zero attached hydrogens (tertiary/aromatic N) is 3. The molecule has 1 radical (unpaired) electrons. The fourth-order valence-electron chi connectivity index (χ4n) is 4.68. The monoisotopic (exact) mass is 550 g/mol. The normalized spacial score (nSPS) is 20.2. The summed E-state index contributed by atoms with van der Waals surface area (Å²) in [5.41, 5.74) is 7.07. The van der Waals surface area contributed by atoms with Crippen molar-refractivity contribution in [3.05, 3.63) is 65.6 Å². The first-order valence-electron chi connectivity index (χ1n) is 9.47. The van der Waals surface area contributed by atoms with Crippen LogP contribution in [0.4, 0.5) is 22.7 Å². The number of fused-ring (bicyclic) bond motifs is 2. The van der Waals surface area contributed by atoms with Crippen LogP contribution in [0, 0.1) is 24.7 Å². The van der Waals surface area contributed by atoms with Crippen molar-refractivity contribution < 1.29 is 20.1 Å². The van der Waals surface area contributed by atoms with Crippen LogP contribution in [0.25, 0.3) is 4.85 Å². The standard InChI is InChI=1S/C24H27N3.Ir/c1-22(2)18-13-20-21(14-19(18)23(3,4)24(22,5)6)27(15-26(20)8)17-11-9-10-16(12-17)25-7;/h9-10,12-15H,1-6,8H3;/q-2;. The fraction of sp³-hybridized carbons (Fsp3) is 0.417. The van der Waals surface area contributed by atoms with E-state index in [1.165, 1.54) is 16.8 Å². The third-order valence-corrected chi connectivity index (χ3v) is 7.67. The molecule has 4 heteroatoms. The molecule has 0 atom stereocenters. The van der Waals surface area contributed by atoms with Crippen molar-refractivity contribution in [2.24, 2.45) is 5.41 Å². The molecule has 1 aliphatic heterocycles. The van der Waals surface area contributed by atoms with Gasteiger partial charge >= 0.3 is 0 Å². The largest absolute Gasteiger partial charge is 0.504 e. The summed E-state index contributed by atoms with van der Waals surface area (Å²) in [5, 5.41) is 0. The smallest absolute Gasteiger partial charge is 0.0899 e. The number of benzene rings is 2. The SMILES string of the molecule is [C-]#[N+]c1cc[c-]c(N2[CH-]N(C)c3cc4c(cc32)C(C)(C)C(C)(C)C4(C)C)c1.[Ir]. The Morgan fingerprint density at radius 3 is 2.11 bits per heavy atom. The van der Waals surface area contributed by atoms with Gasteiger partial charge in [0.2, 0.25) is 0 Å². The van der Waals surface area contributed by atoms with Crippen molar-refractivity contribution in [1.82, 2.24) is 0 Å². The van der Waals surface area contributed by atoms with Gasteiger partial charge in [-0.15, -0.1) is 11.8 Å². The first-order valence-corrected chi connectivity index (χ1v) is 9.47. The van der Waals surface area contributed by atoms with Gasteiger partial charge in [-0.3, -0.25) is 4.85 Å². The summed E-state index contributed by atoms with van der Waals surface area (Å²) in [5.74, 6) is 0. The molecule has 149 valence electrons. The van der Waals surface area contributed by atoms with E-state index in [0.717, 1.165) is 11.4 Å². The van der Waals surface area contributed by atoms with Crippen LogP contribution in [0.2, 0.25) is 0 Å². The minimum atomic E-state index is 0. The second kappa shape index (κ2) is 6.34. The average molecular weight is 550 g/mol. The van der Waals surface area contributed by atoms with Crippen LogP contribution in [0.3, 0.4) is 0 Å². The van der Waals surface area contributed by atoms with Gasteiger partial charge in [0.05, 0.1) is 12.3 Å². The van der Waals surface area contributed by atoms with Gasteiger partial charge in [-0.1, -0.05) is 41.5 Å². The van der Waals surface area contributed by atoms with Crippen LogP contribution in [0.1, 0.15) is 52.7 Å². The molecule has 4 rings (SSSR count). The molecule has 0 aromatic heterocycles. The Hall–Kier alpha value is -1.82. The van der Waals surface area contributed by atoms with Crippen LogP contribution < -0.4 is 9.80 Å². The predicted molar refractivity (Wildman–Crippen MR) is 113 cm³/mol. The molecule has 0 saturated heterocycles. The third kappa shape index (κ3) is 2.49. The van der Waals surface area contributed by atoms with E-state index >= 15 is 0 Å². The molecule has 0 spiro atoms. The summed E-state index contributed by atoms with van der Waals surface area (Å²) >= 11 is 0. The number of rotatable bonds is 1. The number of hydrogen-bond acceptors (Lipinski definition) is 2. The molecule has 1 aliphatic carbocycles. The second-order valence-corrected chi connectivity index (χ2v) is 9.40. The minimum absolute atomic E-state index is 0. The Kier molecular flexibility index (Phi) is 4.73. The van der Waals surface area contributed by atoms with Crippen molar-refractivity contribution in [3.8, 4) is 0 Å². The predicted octanol–water partition coefficient (Wildman–Crippen LogP) is 6.34. The fourth-order valence-corrected chi connectivity index (χ4v) is 4.68. The maximum atomic E-state index is 7.31. The van der Waals surface area contributed by atoms with E-state index in [9.17, 15) is 0 Å². The van der Waals surface area contributed by atoms with Gasteiger partial charge < -0.3 is 9.80 Å². The molecule has 2 aromatic carbocycles. The van der Waals surface area contributed by atoms with E-state index in [1.807, 2.05) is 12.1 Å². The van der Waals surface area contributed by atoms with Crippen LogP contribution in [0.5, 0.6) is 0 Å². The van der Waals surface area contributed by atoms with E-state index in [4.69, 9.17) is 6.57 Å². The van der Waals surface area contributed by atoms with Crippen molar-refractivity contribution in [2.75, 3.05) is 16.8 Å². The maximum Gasteiger partial charge on any atom is 0.0899 e. The van der Waals surface area contributed by atoms with Gasteiger partial charge in [0.15, 0.2) is 0 Å². The summed E-state index contributed by atoms with van der Waals surface area (Å²) in [7, 11) is 2.09. The van der Waals surface area contributed by atoms with Crippen LogP contribution in [-0.2, 0) is 30.9 Å². The van der Waals surface area contributed by atoms with Crippen molar-refractivity contribution in [1.29, 1.82) is 0 Å². The topological polar surface area (TPSA) is 10.8 Å². The van der Waals surface area contributed by atoms with Gasteiger partial charge in [-0.25, -0.2) is 0 Å². The quantitative estimate of drug-likeness (QED) is 0.385. The molecule has 0 N–H and O–H groups in total. The summed E-state index contributed by atoms with van der Waals surface area (Å²) < 4.78 is 0. The van der Waals surface area contributed by atoms with Crippen LogP contribution >= 0.6 is 0 Å². The molecule has 3 nitrogen and oxygen atoms in total. The van der Waals surface area contributed by atoms with Crippen molar-refractivity contribution in [2.45, 2.75) is 52.4 Å². The van der Waals surface area contributed by atoms with E-state index in [0.29, 0.717) is 5.69 Å². The molecule has 2 aromatic rings. The van der Waals surface area contributed by atoms with Gasteiger partial charge in [-0.2, -0.15) is 24.9 Å². The Morgan fingerprint density at radius 1 is 0.964 bits per heavy atom. The van der Waals surface area contributed by atoms with Crippen LogP contribution in [0.15, 0.2) is 30.3 Å². The molecular weight excluding hydrogens is 523 g/mol. The molecule has 0 amide bonds. The van der Waals surface area contributed by atoms with E-state index in [-0.39, 0.29) is 36.4 Å². The maximum absolute atomic E-state index is 7.31. The zero-order chi connectivity index (χ0) is 19.8. The number of anilines is 3. The molecule has 0 saturated carbocycles. The Morgan fingerprint density at radius 2 is 1.54 bits per heavy atom. The summed E-state index contributed by atoms with van der Waals surface area (Å²) in [6.45, 7) is 23.6. The van der Waals surface area contributed by atoms with Gasteiger partial charge in [0.1, 0.15) is 0 Å². The van der Waals surface area contributed by atoms with Gasteiger partial charge in [0.25, 0.3) is 0 Å². The average Bonchev–Trinajstić information content (AvgIpc) is 3.00. The van der Waals surface area contributed by atoms with Gasteiger partial charge in [-0.05, 0) is 46.6 Å². The Labute approximate surface area is 182 Å². The van der Waals surface area contributed by atoms with Crippen molar-refractivity contribution in [3.63, 3.8) is 0 Å². The third-order valence-electron chi connectivity index (χ3n) is 7.67. The molecular formula is C24H27IrN3-2. The molecule has 0 bridgehead atoms. The van der Waals surface area contributed by atoms with Crippen molar-refractivity contribution >= 4 is 22.7 Å². The summed E-state index contributed by atoms with van der Waals surface area (Å²) in [6, 6.07) is 13.6. The second-order valence-electron chi connectivity index (χ2n) is 9.40. The first-order chi connectivity index (χ1) is 12.5. The zero-order valence-corrected chi connectivity index (χ0v) is 20.0. The first kappa shape index (κ1) is 20.9. The van der Waals surface area contributed by atoms with E-state index in [2.05, 4.69) is 88.1 Å². The summed E-state index contributed by atoms with van der Waals surface area (Å²) in [4.78, 5) is 7.89. The zero-order valence-electron chi connectivity index (χ0n) is 17.6. The minimum Gasteiger partial charge on any atom is -0.504 e. The van der Waals surface area contributed by atoms with E-state index in [1.54, 1.807) is 6.07 Å². The van der Waals surface area contributed by atoms with E-state index < -0.39 is 0 Å².